The van der Waals surface area contributed by atoms with Gasteiger partial charge in [-0.25, -0.2) is 4.98 Å². The van der Waals surface area contributed by atoms with Crippen molar-refractivity contribution in [3.05, 3.63) is 18.2 Å². The number of hydrogen-bond acceptors (Lipinski definition) is 3. The molecule has 1 saturated heterocycles. The highest BCUT2D eigenvalue weighted by molar-refractivity contribution is 5.78. The molecule has 0 saturated carbocycles. The van der Waals surface area contributed by atoms with Crippen molar-refractivity contribution in [1.29, 1.82) is 0 Å². The molecule has 2 heterocycles. The van der Waals surface area contributed by atoms with Crippen molar-refractivity contribution >= 4 is 5.91 Å². The largest absolute Gasteiger partial charge is 0.381 e. The van der Waals surface area contributed by atoms with Gasteiger partial charge in [-0.1, -0.05) is 0 Å². The lowest BCUT2D eigenvalue weighted by Gasteiger charge is -2.21. The number of aromatic amines is 1. The second kappa shape index (κ2) is 5.65. The third-order valence-corrected chi connectivity index (χ3v) is 2.81. The van der Waals surface area contributed by atoms with Gasteiger partial charge in [0.2, 0.25) is 5.91 Å². The van der Waals surface area contributed by atoms with Crippen LogP contribution in [0.25, 0.3) is 0 Å². The zero-order valence-corrected chi connectivity index (χ0v) is 9.24. The van der Waals surface area contributed by atoms with E-state index in [1.165, 1.54) is 0 Å². The Morgan fingerprint density at radius 1 is 1.56 bits per heavy atom. The fourth-order valence-corrected chi connectivity index (χ4v) is 1.84. The molecule has 1 aliphatic heterocycles. The van der Waals surface area contributed by atoms with Gasteiger partial charge in [0, 0.05) is 44.5 Å². The average molecular weight is 223 g/mol. The molecule has 0 spiro atoms. The molecule has 0 unspecified atom stereocenters. The minimum atomic E-state index is 0.130. The van der Waals surface area contributed by atoms with Crippen LogP contribution in [0, 0.1) is 5.92 Å². The number of nitrogens with zero attached hydrogens (tertiary/aromatic N) is 1. The average Bonchev–Trinajstić information content (AvgIpc) is 2.83. The molecule has 1 fully saturated rings. The molecule has 1 aromatic rings. The monoisotopic (exact) mass is 223 g/mol. The van der Waals surface area contributed by atoms with Gasteiger partial charge in [-0.05, 0) is 12.8 Å². The molecule has 0 aromatic carbocycles. The van der Waals surface area contributed by atoms with Crippen LogP contribution < -0.4 is 5.32 Å². The van der Waals surface area contributed by atoms with Gasteiger partial charge in [-0.2, -0.15) is 0 Å². The Morgan fingerprint density at radius 3 is 3.06 bits per heavy atom. The summed E-state index contributed by atoms with van der Waals surface area (Å²) in [6.45, 7) is 2.05. The molecule has 1 aromatic heterocycles. The molecule has 0 radical (unpaired) electrons. The van der Waals surface area contributed by atoms with Crippen LogP contribution in [0.15, 0.2) is 12.4 Å². The van der Waals surface area contributed by atoms with Crippen molar-refractivity contribution in [3.63, 3.8) is 0 Å². The zero-order valence-electron chi connectivity index (χ0n) is 9.24. The molecule has 2 rings (SSSR count). The highest BCUT2D eigenvalue weighted by Gasteiger charge is 2.20. The lowest BCUT2D eigenvalue weighted by atomic mass is 9.99. The van der Waals surface area contributed by atoms with Crippen LogP contribution in [0.2, 0.25) is 0 Å². The molecule has 0 atom stereocenters. The van der Waals surface area contributed by atoms with Crippen LogP contribution in [0.5, 0.6) is 0 Å². The molecule has 16 heavy (non-hydrogen) atoms. The van der Waals surface area contributed by atoms with E-state index in [0.717, 1.165) is 25.1 Å². The van der Waals surface area contributed by atoms with Gasteiger partial charge in [0.1, 0.15) is 5.82 Å². The maximum Gasteiger partial charge on any atom is 0.223 e. The molecule has 0 bridgehead atoms. The summed E-state index contributed by atoms with van der Waals surface area (Å²) in [6, 6.07) is 0. The van der Waals surface area contributed by atoms with Crippen LogP contribution in [0.1, 0.15) is 18.7 Å². The first kappa shape index (κ1) is 11.1. The van der Waals surface area contributed by atoms with Gasteiger partial charge in [0.15, 0.2) is 0 Å². The number of nitrogens with one attached hydrogen (secondary N) is 2. The number of H-pyrrole nitrogens is 1. The van der Waals surface area contributed by atoms with E-state index >= 15 is 0 Å². The summed E-state index contributed by atoms with van der Waals surface area (Å²) in [4.78, 5) is 18.8. The Morgan fingerprint density at radius 2 is 2.38 bits per heavy atom. The van der Waals surface area contributed by atoms with Crippen molar-refractivity contribution in [2.24, 2.45) is 5.92 Å². The van der Waals surface area contributed by atoms with E-state index < -0.39 is 0 Å². The number of hydrogen-bond donors (Lipinski definition) is 2. The van der Waals surface area contributed by atoms with Gasteiger partial charge in [-0.15, -0.1) is 0 Å². The summed E-state index contributed by atoms with van der Waals surface area (Å²) in [5, 5.41) is 2.94. The van der Waals surface area contributed by atoms with Crippen LogP contribution in [-0.2, 0) is 16.0 Å². The third-order valence-electron chi connectivity index (χ3n) is 2.81. The first-order valence-corrected chi connectivity index (χ1v) is 5.70. The highest BCUT2D eigenvalue weighted by Crippen LogP contribution is 2.14. The first-order valence-electron chi connectivity index (χ1n) is 5.70. The Balaban J connectivity index is 1.67. The summed E-state index contributed by atoms with van der Waals surface area (Å²) >= 11 is 0. The zero-order chi connectivity index (χ0) is 11.2. The van der Waals surface area contributed by atoms with Gasteiger partial charge < -0.3 is 15.0 Å². The van der Waals surface area contributed by atoms with Crippen molar-refractivity contribution in [2.45, 2.75) is 19.3 Å². The Bertz CT molecular complexity index is 318. The molecule has 88 valence electrons. The molecule has 5 heteroatoms. The Labute approximate surface area is 94.6 Å². The van der Waals surface area contributed by atoms with Crippen LogP contribution >= 0.6 is 0 Å². The van der Waals surface area contributed by atoms with E-state index in [4.69, 9.17) is 4.74 Å². The summed E-state index contributed by atoms with van der Waals surface area (Å²) in [5.41, 5.74) is 0. The fraction of sp³-hybridized carbons (Fsp3) is 0.636. The number of ether oxygens (including phenoxy) is 1. The van der Waals surface area contributed by atoms with Gasteiger partial charge in [0.05, 0.1) is 0 Å². The van der Waals surface area contributed by atoms with Gasteiger partial charge in [0.25, 0.3) is 0 Å². The summed E-state index contributed by atoms with van der Waals surface area (Å²) in [7, 11) is 0. The van der Waals surface area contributed by atoms with Crippen molar-refractivity contribution in [1.82, 2.24) is 15.3 Å². The smallest absolute Gasteiger partial charge is 0.223 e. The lowest BCUT2D eigenvalue weighted by molar-refractivity contribution is -0.127. The van der Waals surface area contributed by atoms with Crippen LogP contribution in [0.4, 0.5) is 0 Å². The molecule has 5 nitrogen and oxygen atoms in total. The van der Waals surface area contributed by atoms with Crippen LogP contribution in [-0.4, -0.2) is 35.6 Å². The van der Waals surface area contributed by atoms with E-state index in [1.54, 1.807) is 12.4 Å². The van der Waals surface area contributed by atoms with E-state index in [1.807, 2.05) is 0 Å². The second-order valence-corrected chi connectivity index (χ2v) is 3.96. The molecule has 0 aliphatic carbocycles. The number of carbonyl (C=O) groups excluding carboxylic acids is 1. The number of rotatable bonds is 4. The van der Waals surface area contributed by atoms with Gasteiger partial charge in [-0.3, -0.25) is 4.79 Å². The van der Waals surface area contributed by atoms with Crippen LogP contribution in [0.3, 0.4) is 0 Å². The topological polar surface area (TPSA) is 67.0 Å². The molecule has 1 aliphatic rings. The minimum Gasteiger partial charge on any atom is -0.381 e. The van der Waals surface area contributed by atoms with E-state index in [9.17, 15) is 4.79 Å². The van der Waals surface area contributed by atoms with Crippen molar-refractivity contribution in [2.75, 3.05) is 19.8 Å². The maximum absolute atomic E-state index is 11.7. The number of carbonyl (C=O) groups is 1. The second-order valence-electron chi connectivity index (χ2n) is 3.96. The minimum absolute atomic E-state index is 0.130. The maximum atomic E-state index is 11.7. The Kier molecular flexibility index (Phi) is 3.93. The first-order chi connectivity index (χ1) is 7.86. The van der Waals surface area contributed by atoms with E-state index in [0.29, 0.717) is 19.8 Å². The third kappa shape index (κ3) is 3.06. The number of imidazole rings is 1. The SMILES string of the molecule is O=C(NCCc1ncc[nH]1)C1CCOCC1. The predicted octanol–water partition coefficient (Wildman–Crippen LogP) is 0.495. The molecular weight excluding hydrogens is 206 g/mol. The van der Waals surface area contributed by atoms with E-state index in [2.05, 4.69) is 15.3 Å². The fourth-order valence-electron chi connectivity index (χ4n) is 1.84. The predicted molar refractivity (Wildman–Crippen MR) is 58.8 cm³/mol. The summed E-state index contributed by atoms with van der Waals surface area (Å²) in [5.74, 6) is 1.19. The Hall–Kier alpha value is -1.36. The lowest BCUT2D eigenvalue weighted by Crippen LogP contribution is -2.35. The highest BCUT2D eigenvalue weighted by atomic mass is 16.5. The summed E-state index contributed by atoms with van der Waals surface area (Å²) < 4.78 is 5.22. The van der Waals surface area contributed by atoms with E-state index in [-0.39, 0.29) is 11.8 Å². The van der Waals surface area contributed by atoms with Crippen molar-refractivity contribution in [3.8, 4) is 0 Å². The molecule has 2 N–H and O–H groups in total. The standard InChI is InChI=1S/C11H17N3O2/c15-11(9-2-7-16-8-3-9)14-4-1-10-12-5-6-13-10/h5-6,9H,1-4,7-8H2,(H,12,13)(H,14,15). The quantitative estimate of drug-likeness (QED) is 0.781. The number of aromatic nitrogens is 2. The summed E-state index contributed by atoms with van der Waals surface area (Å²) in [6.07, 6.45) is 5.94. The molecular formula is C11H17N3O2. The molecule has 1 amide bonds. The van der Waals surface area contributed by atoms with Crippen molar-refractivity contribution < 1.29 is 9.53 Å². The normalized spacial score (nSPS) is 17.2. The number of amides is 1. The van der Waals surface area contributed by atoms with Gasteiger partial charge >= 0.3 is 0 Å².